The van der Waals surface area contributed by atoms with Crippen molar-refractivity contribution >= 4 is 29.9 Å². The fraction of sp³-hybridized carbons (Fsp3) is 0.696. The highest BCUT2D eigenvalue weighted by Gasteiger charge is 2.25. The molecule has 1 aliphatic rings. The van der Waals surface area contributed by atoms with Crippen LogP contribution in [-0.4, -0.2) is 85.5 Å². The molecule has 0 amide bonds. The first kappa shape index (κ1) is 28.1. The van der Waals surface area contributed by atoms with Gasteiger partial charge in [0.05, 0.1) is 25.4 Å². The van der Waals surface area contributed by atoms with Gasteiger partial charge < -0.3 is 20.5 Å². The molecule has 0 aliphatic carbocycles. The third kappa shape index (κ3) is 11.0. The average molecular weight is 548 g/mol. The maximum atomic E-state index is 10.8. The quantitative estimate of drug-likeness (QED) is 0.225. The zero-order valence-corrected chi connectivity index (χ0v) is 22.0. The van der Waals surface area contributed by atoms with Crippen molar-refractivity contribution in [2.45, 2.75) is 46.4 Å². The van der Waals surface area contributed by atoms with Gasteiger partial charge in [-0.2, -0.15) is 0 Å². The molecule has 0 radical (unpaired) electrons. The molecule has 8 heteroatoms. The Balaban J connectivity index is 0.00000480. The summed E-state index contributed by atoms with van der Waals surface area (Å²) in [7, 11) is 0. The van der Waals surface area contributed by atoms with E-state index in [1.54, 1.807) is 0 Å². The van der Waals surface area contributed by atoms with Gasteiger partial charge in [-0.05, 0) is 38.1 Å². The van der Waals surface area contributed by atoms with Crippen LogP contribution in [0.15, 0.2) is 29.3 Å². The number of morpholine rings is 1. The van der Waals surface area contributed by atoms with Crippen molar-refractivity contribution in [1.82, 2.24) is 20.4 Å². The Morgan fingerprint density at radius 2 is 1.84 bits per heavy atom. The van der Waals surface area contributed by atoms with Gasteiger partial charge in [0.1, 0.15) is 0 Å². The van der Waals surface area contributed by atoms with Gasteiger partial charge in [0.25, 0.3) is 0 Å². The van der Waals surface area contributed by atoms with Gasteiger partial charge in [-0.3, -0.25) is 9.80 Å². The van der Waals surface area contributed by atoms with Gasteiger partial charge in [-0.1, -0.05) is 38.1 Å². The van der Waals surface area contributed by atoms with E-state index < -0.39 is 5.60 Å². The normalized spacial score (nSPS) is 17.2. The van der Waals surface area contributed by atoms with Crippen molar-refractivity contribution in [3.8, 4) is 0 Å². The highest BCUT2D eigenvalue weighted by molar-refractivity contribution is 14.0. The predicted octanol–water partition coefficient (Wildman–Crippen LogP) is 2.28. The molecule has 31 heavy (non-hydrogen) atoms. The van der Waals surface area contributed by atoms with Crippen molar-refractivity contribution < 1.29 is 9.84 Å². The lowest BCUT2D eigenvalue weighted by Gasteiger charge is -2.34. The van der Waals surface area contributed by atoms with Crippen LogP contribution >= 0.6 is 24.0 Å². The number of ether oxygens (including phenoxy) is 1. The average Bonchev–Trinajstić information content (AvgIpc) is 2.74. The van der Waals surface area contributed by atoms with Crippen molar-refractivity contribution in [1.29, 1.82) is 0 Å². The van der Waals surface area contributed by atoms with Gasteiger partial charge in [-0.25, -0.2) is 4.99 Å². The molecule has 1 fully saturated rings. The maximum absolute atomic E-state index is 10.8. The van der Waals surface area contributed by atoms with Crippen LogP contribution in [0.5, 0.6) is 0 Å². The summed E-state index contributed by atoms with van der Waals surface area (Å²) in [6, 6.07) is 8.64. The first-order chi connectivity index (χ1) is 14.5. The molecule has 7 nitrogen and oxygen atoms in total. The molecule has 1 aromatic rings. The molecule has 1 saturated heterocycles. The Bertz CT molecular complexity index is 647. The largest absolute Gasteiger partial charge is 0.387 e. The minimum atomic E-state index is -0.836. The van der Waals surface area contributed by atoms with Gasteiger partial charge >= 0.3 is 0 Å². The smallest absolute Gasteiger partial charge is 0.191 e. The molecule has 178 valence electrons. The second kappa shape index (κ2) is 15.0. The van der Waals surface area contributed by atoms with E-state index in [2.05, 4.69) is 58.5 Å². The predicted molar refractivity (Wildman–Crippen MR) is 139 cm³/mol. The monoisotopic (exact) mass is 547 g/mol. The number of guanidine groups is 1. The highest BCUT2D eigenvalue weighted by atomic mass is 127. The van der Waals surface area contributed by atoms with Gasteiger partial charge in [0, 0.05) is 39.3 Å². The minimum Gasteiger partial charge on any atom is -0.387 e. The number of hydrogen-bond acceptors (Lipinski definition) is 5. The number of β-amino-alcohol motifs (C(OH)–C–C–N with tert-alkyl or cyclic N) is 1. The maximum Gasteiger partial charge on any atom is 0.191 e. The molecular weight excluding hydrogens is 505 g/mol. The molecule has 1 atom stereocenters. The van der Waals surface area contributed by atoms with Crippen LogP contribution in [0.1, 0.15) is 38.8 Å². The van der Waals surface area contributed by atoms with Crippen LogP contribution in [0, 0.1) is 0 Å². The van der Waals surface area contributed by atoms with E-state index in [0.29, 0.717) is 19.6 Å². The van der Waals surface area contributed by atoms with Crippen molar-refractivity contribution in [2.24, 2.45) is 4.99 Å². The number of nitrogens with one attached hydrogen (secondary N) is 2. The Morgan fingerprint density at radius 3 is 2.48 bits per heavy atom. The molecule has 1 aliphatic heterocycles. The lowest BCUT2D eigenvalue weighted by atomic mass is 10.1. The first-order valence-corrected chi connectivity index (χ1v) is 11.3. The first-order valence-electron chi connectivity index (χ1n) is 11.3. The summed E-state index contributed by atoms with van der Waals surface area (Å²) < 4.78 is 5.39. The SMILES string of the molecule is CCNC(=NCc1cccc(CN(CC)CC)c1)NCC(C)(O)CN1CCOCC1.I. The summed E-state index contributed by atoms with van der Waals surface area (Å²) in [5.41, 5.74) is 1.67. The molecule has 0 bridgehead atoms. The number of aliphatic hydroxyl groups is 1. The fourth-order valence-electron chi connectivity index (χ4n) is 3.61. The zero-order chi connectivity index (χ0) is 21.8. The lowest BCUT2D eigenvalue weighted by Crippen LogP contribution is -2.52. The number of nitrogens with zero attached hydrogens (tertiary/aromatic N) is 3. The second-order valence-electron chi connectivity index (χ2n) is 8.22. The van der Waals surface area contributed by atoms with Crippen LogP contribution in [0.4, 0.5) is 0 Å². The molecule has 1 aromatic carbocycles. The number of aliphatic imine (C=N–C) groups is 1. The van der Waals surface area contributed by atoms with Gasteiger partial charge in [0.15, 0.2) is 5.96 Å². The number of halogens is 1. The summed E-state index contributed by atoms with van der Waals surface area (Å²) in [5.74, 6) is 0.730. The third-order valence-electron chi connectivity index (χ3n) is 5.36. The number of hydrogen-bond donors (Lipinski definition) is 3. The summed E-state index contributed by atoms with van der Waals surface area (Å²) in [6.45, 7) is 17.0. The van der Waals surface area contributed by atoms with Crippen LogP contribution in [0.25, 0.3) is 0 Å². The van der Waals surface area contributed by atoms with E-state index in [4.69, 9.17) is 9.73 Å². The number of benzene rings is 1. The molecule has 2 rings (SSSR count). The van der Waals surface area contributed by atoms with Gasteiger partial charge in [-0.15, -0.1) is 24.0 Å². The van der Waals surface area contributed by atoms with Crippen LogP contribution in [0.2, 0.25) is 0 Å². The molecule has 0 saturated carbocycles. The lowest BCUT2D eigenvalue weighted by molar-refractivity contribution is -0.0201. The van der Waals surface area contributed by atoms with Gasteiger partial charge in [0.2, 0.25) is 0 Å². The molecule has 3 N–H and O–H groups in total. The van der Waals surface area contributed by atoms with Crippen LogP contribution < -0.4 is 10.6 Å². The molecule has 0 aromatic heterocycles. The zero-order valence-electron chi connectivity index (χ0n) is 19.7. The van der Waals surface area contributed by atoms with E-state index in [0.717, 1.165) is 58.4 Å². The fourth-order valence-corrected chi connectivity index (χ4v) is 3.61. The molecule has 0 spiro atoms. The van der Waals surface area contributed by atoms with Crippen molar-refractivity contribution in [3.63, 3.8) is 0 Å². The Morgan fingerprint density at radius 1 is 1.16 bits per heavy atom. The Hall–Kier alpha value is -0.940. The summed E-state index contributed by atoms with van der Waals surface area (Å²) in [5, 5.41) is 17.4. The van der Waals surface area contributed by atoms with Crippen LogP contribution in [0.3, 0.4) is 0 Å². The summed E-state index contributed by atoms with van der Waals surface area (Å²) >= 11 is 0. The van der Waals surface area contributed by atoms with E-state index >= 15 is 0 Å². The minimum absolute atomic E-state index is 0. The van der Waals surface area contributed by atoms with E-state index in [1.807, 2.05) is 13.8 Å². The third-order valence-corrected chi connectivity index (χ3v) is 5.36. The topological polar surface area (TPSA) is 72.4 Å². The standard InChI is InChI=1S/C23H41N5O2.HI/c1-5-24-22(26-18-23(4,29)19-28-11-13-30-14-12-28)25-16-20-9-8-10-21(15-20)17-27(6-2)7-3;/h8-10,15,29H,5-7,11-14,16-19H2,1-4H3,(H2,24,25,26);1H. The van der Waals surface area contributed by atoms with E-state index in [-0.39, 0.29) is 24.0 Å². The summed E-state index contributed by atoms with van der Waals surface area (Å²) in [4.78, 5) is 9.38. The molecule has 1 heterocycles. The van der Waals surface area contributed by atoms with E-state index in [9.17, 15) is 5.11 Å². The van der Waals surface area contributed by atoms with E-state index in [1.165, 1.54) is 11.1 Å². The van der Waals surface area contributed by atoms with Crippen molar-refractivity contribution in [3.05, 3.63) is 35.4 Å². The molecule has 1 unspecified atom stereocenters. The van der Waals surface area contributed by atoms with Crippen molar-refractivity contribution in [2.75, 3.05) is 59.0 Å². The Labute approximate surface area is 205 Å². The second-order valence-corrected chi connectivity index (χ2v) is 8.22. The number of rotatable bonds is 11. The summed E-state index contributed by atoms with van der Waals surface area (Å²) in [6.07, 6.45) is 0. The van der Waals surface area contributed by atoms with Crippen LogP contribution in [-0.2, 0) is 17.8 Å². The Kier molecular flexibility index (Phi) is 13.6. The highest BCUT2D eigenvalue weighted by Crippen LogP contribution is 2.10. The molecular formula is C23H42IN5O2.